The summed E-state index contributed by atoms with van der Waals surface area (Å²) in [5, 5.41) is 2.48. The molecule has 0 aliphatic rings. The van der Waals surface area contributed by atoms with Crippen LogP contribution in [0.4, 0.5) is 0 Å². The minimum atomic E-state index is -0.124. The fraction of sp³-hybridized carbons (Fsp3) is 0.533. The van der Waals surface area contributed by atoms with Crippen LogP contribution in [0.15, 0.2) is 36.6 Å². The smallest absolute Gasteiger partial charge is 0.245 e. The van der Waals surface area contributed by atoms with Crippen molar-refractivity contribution >= 4 is 5.91 Å². The second kappa shape index (κ2) is 12.4. The van der Waals surface area contributed by atoms with E-state index in [4.69, 9.17) is 14.2 Å². The van der Waals surface area contributed by atoms with Crippen LogP contribution in [0, 0.1) is 0 Å². The minimum absolute atomic E-state index is 0.0918. The van der Waals surface area contributed by atoms with Gasteiger partial charge in [0, 0.05) is 20.3 Å². The highest BCUT2D eigenvalue weighted by Gasteiger charge is 1.97. The van der Waals surface area contributed by atoms with Crippen molar-refractivity contribution in [2.45, 2.75) is 13.3 Å². The molecule has 114 valence electrons. The first-order valence-corrected chi connectivity index (χ1v) is 6.57. The molecule has 1 amide bonds. The molecule has 0 aromatic rings. The number of rotatable bonds is 12. The van der Waals surface area contributed by atoms with Gasteiger partial charge in [-0.25, -0.2) is 0 Å². The third-order valence-corrected chi connectivity index (χ3v) is 2.16. The zero-order valence-corrected chi connectivity index (χ0v) is 12.4. The van der Waals surface area contributed by atoms with Crippen molar-refractivity contribution in [1.82, 2.24) is 5.32 Å². The first kappa shape index (κ1) is 18.4. The lowest BCUT2D eigenvalue weighted by Crippen LogP contribution is -2.23. The number of ether oxygens (including phenoxy) is 3. The van der Waals surface area contributed by atoms with Gasteiger partial charge in [-0.05, 0) is 19.4 Å². The maximum atomic E-state index is 10.8. The number of allylic oxidation sites excluding steroid dienone is 3. The zero-order valence-electron chi connectivity index (χ0n) is 12.4. The van der Waals surface area contributed by atoms with E-state index in [-0.39, 0.29) is 12.5 Å². The van der Waals surface area contributed by atoms with Crippen LogP contribution in [0.25, 0.3) is 0 Å². The molecule has 0 atom stereocenters. The van der Waals surface area contributed by atoms with Gasteiger partial charge in [0.15, 0.2) is 0 Å². The number of hydrogen-bond donors (Lipinski definition) is 1. The average Bonchev–Trinajstić information content (AvgIpc) is 2.42. The Balaban J connectivity index is 3.30. The second-order valence-corrected chi connectivity index (χ2v) is 4.19. The van der Waals surface area contributed by atoms with Gasteiger partial charge >= 0.3 is 0 Å². The number of likely N-dealkylation sites (N-methyl/N-ethyl adjacent to an activating group) is 1. The van der Waals surface area contributed by atoms with Crippen molar-refractivity contribution in [3.63, 3.8) is 0 Å². The summed E-state index contributed by atoms with van der Waals surface area (Å²) in [5.74, 6) is 0.464. The maximum Gasteiger partial charge on any atom is 0.245 e. The Kier molecular flexibility index (Phi) is 11.5. The van der Waals surface area contributed by atoms with Crippen LogP contribution in [0.3, 0.4) is 0 Å². The van der Waals surface area contributed by atoms with Crippen molar-refractivity contribution in [3.8, 4) is 0 Å². The number of carbonyl (C=O) groups is 1. The molecule has 0 rings (SSSR count). The Morgan fingerprint density at radius 3 is 2.45 bits per heavy atom. The van der Waals surface area contributed by atoms with E-state index in [0.717, 1.165) is 12.0 Å². The van der Waals surface area contributed by atoms with Crippen LogP contribution >= 0.6 is 0 Å². The summed E-state index contributed by atoms with van der Waals surface area (Å²) in [5.41, 5.74) is 0.947. The van der Waals surface area contributed by atoms with E-state index in [0.29, 0.717) is 32.2 Å². The average molecular weight is 283 g/mol. The van der Waals surface area contributed by atoms with Crippen LogP contribution in [-0.2, 0) is 19.0 Å². The zero-order chi connectivity index (χ0) is 15.2. The summed E-state index contributed by atoms with van der Waals surface area (Å²) >= 11 is 0. The van der Waals surface area contributed by atoms with Crippen molar-refractivity contribution in [1.29, 1.82) is 0 Å². The maximum absolute atomic E-state index is 10.8. The largest absolute Gasteiger partial charge is 0.492 e. The molecule has 0 aromatic heterocycles. The number of hydrogen-bond acceptors (Lipinski definition) is 4. The summed E-state index contributed by atoms with van der Waals surface area (Å²) in [6.45, 7) is 11.5. The van der Waals surface area contributed by atoms with Crippen LogP contribution in [0.2, 0.25) is 0 Å². The van der Waals surface area contributed by atoms with Gasteiger partial charge in [0.05, 0.1) is 6.61 Å². The van der Waals surface area contributed by atoms with Crippen LogP contribution in [0.1, 0.15) is 13.3 Å². The normalized spacial score (nSPS) is 10.5. The van der Waals surface area contributed by atoms with E-state index in [1.807, 2.05) is 13.0 Å². The predicted molar refractivity (Wildman–Crippen MR) is 79.4 cm³/mol. The third kappa shape index (κ3) is 12.9. The molecular weight excluding hydrogens is 258 g/mol. The topological polar surface area (TPSA) is 56.8 Å². The van der Waals surface area contributed by atoms with Gasteiger partial charge in [-0.3, -0.25) is 4.79 Å². The minimum Gasteiger partial charge on any atom is -0.492 e. The Morgan fingerprint density at radius 1 is 1.10 bits per heavy atom. The Bertz CT molecular complexity index is 337. The van der Waals surface area contributed by atoms with Crippen molar-refractivity contribution in [2.75, 3.05) is 40.1 Å². The molecule has 0 unspecified atom stereocenters. The lowest BCUT2D eigenvalue weighted by molar-refractivity contribution is -0.125. The molecule has 0 saturated heterocycles. The summed E-state index contributed by atoms with van der Waals surface area (Å²) < 4.78 is 15.8. The second-order valence-electron chi connectivity index (χ2n) is 4.19. The van der Waals surface area contributed by atoms with Crippen molar-refractivity contribution in [2.24, 2.45) is 0 Å². The molecule has 0 bridgehead atoms. The van der Waals surface area contributed by atoms with E-state index in [9.17, 15) is 4.79 Å². The van der Waals surface area contributed by atoms with Gasteiger partial charge < -0.3 is 19.5 Å². The molecule has 0 fully saturated rings. The number of carbonyl (C=O) groups excluding carboxylic acids is 1. The van der Waals surface area contributed by atoms with Crippen molar-refractivity contribution in [3.05, 3.63) is 36.6 Å². The van der Waals surface area contributed by atoms with E-state index < -0.39 is 0 Å². The van der Waals surface area contributed by atoms with Gasteiger partial charge in [0.1, 0.15) is 19.0 Å². The van der Waals surface area contributed by atoms with Gasteiger partial charge in [0.2, 0.25) is 5.91 Å². The molecular formula is C15H25NO4. The molecule has 0 aromatic carbocycles. The van der Waals surface area contributed by atoms with Crippen molar-refractivity contribution < 1.29 is 19.0 Å². The molecule has 5 nitrogen and oxygen atoms in total. The molecule has 0 heterocycles. The number of amides is 1. The van der Waals surface area contributed by atoms with Crippen LogP contribution < -0.4 is 5.32 Å². The quantitative estimate of drug-likeness (QED) is 0.337. The standard InChI is InChI=1S/C15H25NO4/c1-13(2)6-7-14(3)20-11-10-18-8-5-9-19-12-15(17)16-4/h6-7H,1,3,5,8-12H2,2,4H3,(H,16,17)/b7-6-. The van der Waals surface area contributed by atoms with Gasteiger partial charge in [-0.2, -0.15) is 0 Å². The molecule has 0 aliphatic heterocycles. The number of nitrogens with one attached hydrogen (secondary N) is 1. The predicted octanol–water partition coefficient (Wildman–Crippen LogP) is 1.82. The Morgan fingerprint density at radius 2 is 1.80 bits per heavy atom. The van der Waals surface area contributed by atoms with Gasteiger partial charge in [-0.15, -0.1) is 0 Å². The lowest BCUT2D eigenvalue weighted by atomic mass is 10.3. The highest BCUT2D eigenvalue weighted by atomic mass is 16.5. The molecule has 20 heavy (non-hydrogen) atoms. The first-order valence-electron chi connectivity index (χ1n) is 6.57. The summed E-state index contributed by atoms with van der Waals surface area (Å²) in [4.78, 5) is 10.8. The van der Waals surface area contributed by atoms with Crippen LogP contribution in [0.5, 0.6) is 0 Å². The third-order valence-electron chi connectivity index (χ3n) is 2.16. The van der Waals surface area contributed by atoms with E-state index in [1.165, 1.54) is 0 Å². The monoisotopic (exact) mass is 283 g/mol. The lowest BCUT2D eigenvalue weighted by Gasteiger charge is -2.07. The molecule has 0 radical (unpaired) electrons. The Hall–Kier alpha value is -1.59. The van der Waals surface area contributed by atoms with E-state index in [1.54, 1.807) is 13.1 Å². The highest BCUT2D eigenvalue weighted by Crippen LogP contribution is 1.99. The molecule has 0 spiro atoms. The fourth-order valence-corrected chi connectivity index (χ4v) is 1.12. The summed E-state index contributed by atoms with van der Waals surface area (Å²) in [6.07, 6.45) is 4.36. The van der Waals surface area contributed by atoms with Gasteiger partial charge in [0.25, 0.3) is 0 Å². The summed E-state index contributed by atoms with van der Waals surface area (Å²) in [7, 11) is 1.58. The van der Waals surface area contributed by atoms with Gasteiger partial charge in [-0.1, -0.05) is 24.8 Å². The van der Waals surface area contributed by atoms with E-state index >= 15 is 0 Å². The van der Waals surface area contributed by atoms with Crippen LogP contribution in [-0.4, -0.2) is 46.0 Å². The molecule has 0 aliphatic carbocycles. The first-order chi connectivity index (χ1) is 9.56. The Labute approximate surface area is 121 Å². The summed E-state index contributed by atoms with van der Waals surface area (Å²) in [6, 6.07) is 0. The molecule has 1 N–H and O–H groups in total. The van der Waals surface area contributed by atoms with E-state index in [2.05, 4.69) is 18.5 Å². The SMILES string of the molecule is C=C(C)/C=C\C(=C)OCCOCCCOCC(=O)NC. The molecule has 0 saturated carbocycles. The molecule has 5 heteroatoms. The highest BCUT2D eigenvalue weighted by molar-refractivity contribution is 5.76. The fourth-order valence-electron chi connectivity index (χ4n) is 1.12.